The van der Waals surface area contributed by atoms with Gasteiger partial charge in [-0.05, 0) is 31.4 Å². The SMILES string of the molecule is CCCCCCCCCCCCCCCCN1C=CN(c2ccccc2)C1CCCCCCCCCCCC. The lowest BCUT2D eigenvalue weighted by Crippen LogP contribution is -2.39. The molecule has 1 aromatic rings. The van der Waals surface area contributed by atoms with Crippen molar-refractivity contribution in [1.82, 2.24) is 4.90 Å². The smallest absolute Gasteiger partial charge is 0.105 e. The summed E-state index contributed by atoms with van der Waals surface area (Å²) in [4.78, 5) is 5.17. The molecule has 1 aliphatic rings. The highest BCUT2D eigenvalue weighted by atomic mass is 15.4. The predicted molar refractivity (Wildman–Crippen MR) is 175 cm³/mol. The summed E-state index contributed by atoms with van der Waals surface area (Å²) in [5, 5.41) is 0. The zero-order chi connectivity index (χ0) is 27.6. The van der Waals surface area contributed by atoms with Crippen molar-refractivity contribution in [2.45, 2.75) is 181 Å². The second-order valence-electron chi connectivity index (χ2n) is 12.3. The van der Waals surface area contributed by atoms with Gasteiger partial charge in [0.05, 0.1) is 0 Å². The average molecular weight is 539 g/mol. The van der Waals surface area contributed by atoms with E-state index in [0.717, 1.165) is 0 Å². The first-order valence-corrected chi connectivity index (χ1v) is 17.6. The Hall–Kier alpha value is -1.44. The summed E-state index contributed by atoms with van der Waals surface area (Å²) in [6, 6.07) is 11.0. The zero-order valence-corrected chi connectivity index (χ0v) is 26.4. The van der Waals surface area contributed by atoms with Gasteiger partial charge >= 0.3 is 0 Å². The van der Waals surface area contributed by atoms with Gasteiger partial charge in [-0.3, -0.25) is 0 Å². The molecule has 0 aromatic heterocycles. The van der Waals surface area contributed by atoms with Crippen molar-refractivity contribution in [3.05, 3.63) is 42.7 Å². The molecule has 0 saturated carbocycles. The van der Waals surface area contributed by atoms with Gasteiger partial charge in [0.2, 0.25) is 0 Å². The lowest BCUT2D eigenvalue weighted by molar-refractivity contribution is 0.273. The molecule has 0 radical (unpaired) electrons. The van der Waals surface area contributed by atoms with Crippen LogP contribution >= 0.6 is 0 Å². The van der Waals surface area contributed by atoms with Crippen LogP contribution < -0.4 is 4.90 Å². The van der Waals surface area contributed by atoms with E-state index in [-0.39, 0.29) is 0 Å². The van der Waals surface area contributed by atoms with Crippen LogP contribution in [0.2, 0.25) is 0 Å². The second-order valence-corrected chi connectivity index (χ2v) is 12.3. The summed E-state index contributed by atoms with van der Waals surface area (Å²) in [5.74, 6) is 0. The van der Waals surface area contributed by atoms with E-state index in [0.29, 0.717) is 6.17 Å². The highest BCUT2D eigenvalue weighted by Gasteiger charge is 2.26. The van der Waals surface area contributed by atoms with Crippen LogP contribution in [0.25, 0.3) is 0 Å². The number of rotatable bonds is 27. The maximum absolute atomic E-state index is 2.64. The second kappa shape index (κ2) is 24.4. The fourth-order valence-corrected chi connectivity index (χ4v) is 6.21. The van der Waals surface area contributed by atoms with E-state index in [4.69, 9.17) is 0 Å². The Morgan fingerprint density at radius 1 is 0.462 bits per heavy atom. The van der Waals surface area contributed by atoms with Crippen molar-refractivity contribution in [1.29, 1.82) is 0 Å². The number of unbranched alkanes of at least 4 members (excludes halogenated alkanes) is 22. The van der Waals surface area contributed by atoms with Gasteiger partial charge in [0.1, 0.15) is 6.17 Å². The van der Waals surface area contributed by atoms with Crippen LogP contribution in [-0.2, 0) is 0 Å². The maximum atomic E-state index is 2.64. The highest BCUT2D eigenvalue weighted by Crippen LogP contribution is 2.28. The van der Waals surface area contributed by atoms with Crippen LogP contribution in [0.3, 0.4) is 0 Å². The van der Waals surface area contributed by atoms with E-state index in [2.05, 4.69) is 66.4 Å². The Balaban J connectivity index is 1.56. The van der Waals surface area contributed by atoms with Gasteiger partial charge in [0, 0.05) is 24.6 Å². The summed E-state index contributed by atoms with van der Waals surface area (Å²) in [6.45, 7) is 5.82. The standard InChI is InChI=1S/C37H66N2/c1-3-5-7-9-11-13-15-16-17-18-20-22-24-29-33-38-34-35-39(36-30-26-25-27-31-36)37(38)32-28-23-21-19-14-12-10-8-6-4-2/h25-27,30-31,34-35,37H,3-24,28-29,32-33H2,1-2H3. The Morgan fingerprint density at radius 3 is 1.33 bits per heavy atom. The molecule has 2 rings (SSSR count). The number of anilines is 1. The molecule has 0 N–H and O–H groups in total. The van der Waals surface area contributed by atoms with Crippen molar-refractivity contribution < 1.29 is 0 Å². The molecule has 1 aromatic carbocycles. The Morgan fingerprint density at radius 2 is 0.872 bits per heavy atom. The van der Waals surface area contributed by atoms with Crippen LogP contribution in [0.5, 0.6) is 0 Å². The molecule has 0 bridgehead atoms. The molecule has 1 atom stereocenters. The van der Waals surface area contributed by atoms with Crippen LogP contribution in [-0.4, -0.2) is 17.6 Å². The lowest BCUT2D eigenvalue weighted by atomic mass is 10.0. The minimum Gasteiger partial charge on any atom is -0.356 e. The van der Waals surface area contributed by atoms with E-state index in [1.165, 1.54) is 173 Å². The number of para-hydroxylation sites is 1. The van der Waals surface area contributed by atoms with Crippen molar-refractivity contribution in [2.75, 3.05) is 11.4 Å². The predicted octanol–water partition coefficient (Wildman–Crippen LogP) is 12.4. The molecule has 0 fully saturated rings. The molecule has 2 nitrogen and oxygen atoms in total. The normalized spacial score (nSPS) is 15.1. The number of benzene rings is 1. The Labute approximate surface area is 245 Å². The fraction of sp³-hybridized carbons (Fsp3) is 0.784. The van der Waals surface area contributed by atoms with Crippen molar-refractivity contribution in [2.24, 2.45) is 0 Å². The van der Waals surface area contributed by atoms with Crippen LogP contribution in [0.15, 0.2) is 42.7 Å². The molecular formula is C37H66N2. The van der Waals surface area contributed by atoms with E-state index in [9.17, 15) is 0 Å². The summed E-state index contributed by atoms with van der Waals surface area (Å²) >= 11 is 0. The van der Waals surface area contributed by atoms with Gasteiger partial charge in [-0.15, -0.1) is 0 Å². The van der Waals surface area contributed by atoms with Crippen LogP contribution in [0, 0.1) is 0 Å². The Kier molecular flexibility index (Phi) is 21.1. The minimum atomic E-state index is 0.503. The minimum absolute atomic E-state index is 0.503. The van der Waals surface area contributed by atoms with E-state index >= 15 is 0 Å². The van der Waals surface area contributed by atoms with Crippen LogP contribution in [0.1, 0.15) is 174 Å². The zero-order valence-electron chi connectivity index (χ0n) is 26.4. The molecule has 2 heteroatoms. The van der Waals surface area contributed by atoms with Gasteiger partial charge in [-0.2, -0.15) is 0 Å². The maximum Gasteiger partial charge on any atom is 0.105 e. The summed E-state index contributed by atoms with van der Waals surface area (Å²) in [6.07, 6.45) is 40.6. The first kappa shape index (κ1) is 33.8. The molecule has 0 spiro atoms. The summed E-state index contributed by atoms with van der Waals surface area (Å²) < 4.78 is 0. The number of hydrogen-bond acceptors (Lipinski definition) is 2. The summed E-state index contributed by atoms with van der Waals surface area (Å²) in [7, 11) is 0. The number of nitrogens with zero attached hydrogens (tertiary/aromatic N) is 2. The van der Waals surface area contributed by atoms with Gasteiger partial charge in [0.15, 0.2) is 0 Å². The monoisotopic (exact) mass is 539 g/mol. The molecule has 1 aliphatic heterocycles. The van der Waals surface area contributed by atoms with E-state index in [1.54, 1.807) is 0 Å². The largest absolute Gasteiger partial charge is 0.356 e. The Bertz CT molecular complexity index is 669. The summed E-state index contributed by atoms with van der Waals surface area (Å²) in [5.41, 5.74) is 1.34. The quantitative estimate of drug-likeness (QED) is 0.103. The first-order valence-electron chi connectivity index (χ1n) is 17.6. The molecule has 1 heterocycles. The van der Waals surface area contributed by atoms with Gasteiger partial charge in [-0.25, -0.2) is 0 Å². The lowest BCUT2D eigenvalue weighted by Gasteiger charge is -2.33. The molecular weight excluding hydrogens is 472 g/mol. The third kappa shape index (κ3) is 16.4. The van der Waals surface area contributed by atoms with Gasteiger partial charge < -0.3 is 9.80 Å². The van der Waals surface area contributed by atoms with Crippen molar-refractivity contribution in [3.63, 3.8) is 0 Å². The molecule has 0 aliphatic carbocycles. The molecule has 224 valence electrons. The topological polar surface area (TPSA) is 6.48 Å². The van der Waals surface area contributed by atoms with E-state index in [1.807, 2.05) is 0 Å². The van der Waals surface area contributed by atoms with Gasteiger partial charge in [-0.1, -0.05) is 173 Å². The highest BCUT2D eigenvalue weighted by molar-refractivity contribution is 5.51. The van der Waals surface area contributed by atoms with Crippen LogP contribution in [0.4, 0.5) is 5.69 Å². The third-order valence-corrected chi connectivity index (χ3v) is 8.76. The van der Waals surface area contributed by atoms with Gasteiger partial charge in [0.25, 0.3) is 0 Å². The van der Waals surface area contributed by atoms with E-state index < -0.39 is 0 Å². The average Bonchev–Trinajstić information content (AvgIpc) is 3.37. The molecule has 0 saturated heterocycles. The van der Waals surface area contributed by atoms with Crippen molar-refractivity contribution >= 4 is 5.69 Å². The molecule has 0 amide bonds. The van der Waals surface area contributed by atoms with Crippen molar-refractivity contribution in [3.8, 4) is 0 Å². The molecule has 1 unspecified atom stereocenters. The fourth-order valence-electron chi connectivity index (χ4n) is 6.21. The molecule has 39 heavy (non-hydrogen) atoms. The third-order valence-electron chi connectivity index (χ3n) is 8.76. The first-order chi connectivity index (χ1) is 19.4. The number of hydrogen-bond donors (Lipinski definition) is 0.